The Kier molecular flexibility index (Phi) is 8.63. The van der Waals surface area contributed by atoms with Crippen molar-refractivity contribution in [2.24, 2.45) is 0 Å². The SMILES string of the molecule is Cc1ccc2c(n1)oc1c(-c3nc4ccnc(C(C)(C)C)c4n3-c3ccccc3)[c-]ccc12.[Ir].[c-]1ccccc1-c1ccccn1. The first-order valence-electron chi connectivity index (χ1n) is 14.9. The summed E-state index contributed by atoms with van der Waals surface area (Å²) in [7, 11) is 0. The third-order valence-corrected chi connectivity index (χ3v) is 7.60. The van der Waals surface area contributed by atoms with Gasteiger partial charge in [0.25, 0.3) is 0 Å². The first kappa shape index (κ1) is 31.0. The van der Waals surface area contributed by atoms with Crippen LogP contribution in [0.2, 0.25) is 0 Å². The Balaban J connectivity index is 0.000000241. The molecule has 0 unspecified atom stereocenters. The smallest absolute Gasteiger partial charge is 0.216 e. The van der Waals surface area contributed by atoms with Gasteiger partial charge in [0.05, 0.1) is 28.1 Å². The van der Waals surface area contributed by atoms with Crippen LogP contribution in [0.1, 0.15) is 32.2 Å². The van der Waals surface area contributed by atoms with Crippen molar-refractivity contribution in [1.82, 2.24) is 24.5 Å². The second kappa shape index (κ2) is 12.8. The summed E-state index contributed by atoms with van der Waals surface area (Å²) in [6.07, 6.45) is 3.63. The van der Waals surface area contributed by atoms with E-state index in [1.807, 2.05) is 98.0 Å². The summed E-state index contributed by atoms with van der Waals surface area (Å²) in [5.41, 5.74) is 8.86. The Bertz CT molecular complexity index is 2220. The van der Waals surface area contributed by atoms with E-state index in [-0.39, 0.29) is 25.5 Å². The number of fused-ring (bicyclic) bond motifs is 4. The molecule has 5 heterocycles. The van der Waals surface area contributed by atoms with Gasteiger partial charge < -0.3 is 14.0 Å². The first-order chi connectivity index (χ1) is 21.9. The summed E-state index contributed by atoms with van der Waals surface area (Å²) in [5.74, 6) is 0.774. The molecule has 6 nitrogen and oxygen atoms in total. The summed E-state index contributed by atoms with van der Waals surface area (Å²) < 4.78 is 8.47. The van der Waals surface area contributed by atoms with Crippen molar-refractivity contribution < 1.29 is 24.5 Å². The number of aryl methyl sites for hydroxylation is 1. The van der Waals surface area contributed by atoms with Gasteiger partial charge in [-0.1, -0.05) is 62.1 Å². The number of para-hydroxylation sites is 1. The molecule has 0 fully saturated rings. The molecule has 0 spiro atoms. The zero-order valence-corrected chi connectivity index (χ0v) is 28.3. The zero-order valence-electron chi connectivity index (χ0n) is 25.9. The van der Waals surface area contributed by atoms with Crippen LogP contribution in [0.3, 0.4) is 0 Å². The number of pyridine rings is 3. The van der Waals surface area contributed by atoms with Crippen molar-refractivity contribution in [2.45, 2.75) is 33.1 Å². The maximum Gasteiger partial charge on any atom is 0.216 e. The Morgan fingerprint density at radius 3 is 2.26 bits per heavy atom. The average Bonchev–Trinajstić information content (AvgIpc) is 3.64. The summed E-state index contributed by atoms with van der Waals surface area (Å²) in [4.78, 5) is 18.7. The van der Waals surface area contributed by atoms with Gasteiger partial charge in [0, 0.05) is 54.7 Å². The van der Waals surface area contributed by atoms with Gasteiger partial charge in [0.15, 0.2) is 0 Å². The first-order valence-corrected chi connectivity index (χ1v) is 14.9. The maximum absolute atomic E-state index is 6.29. The Hall–Kier alpha value is -4.97. The predicted octanol–water partition coefficient (Wildman–Crippen LogP) is 9.33. The van der Waals surface area contributed by atoms with Crippen molar-refractivity contribution >= 4 is 33.1 Å². The summed E-state index contributed by atoms with van der Waals surface area (Å²) in [6, 6.07) is 40.5. The van der Waals surface area contributed by atoms with Gasteiger partial charge in [-0.3, -0.25) is 9.97 Å². The number of hydrogen-bond donors (Lipinski definition) is 0. The Morgan fingerprint density at radius 1 is 0.717 bits per heavy atom. The van der Waals surface area contributed by atoms with E-state index < -0.39 is 0 Å². The second-order valence-electron chi connectivity index (χ2n) is 11.9. The van der Waals surface area contributed by atoms with Crippen LogP contribution in [-0.2, 0) is 25.5 Å². The molecule has 1 radical (unpaired) electrons. The van der Waals surface area contributed by atoms with Crippen molar-refractivity contribution in [3.63, 3.8) is 0 Å². The summed E-state index contributed by atoms with van der Waals surface area (Å²) >= 11 is 0. The molecule has 229 valence electrons. The van der Waals surface area contributed by atoms with Crippen LogP contribution in [0.15, 0.2) is 120 Å². The van der Waals surface area contributed by atoms with Crippen molar-refractivity contribution in [3.8, 4) is 28.3 Å². The molecule has 5 aromatic heterocycles. The van der Waals surface area contributed by atoms with E-state index >= 15 is 0 Å². The van der Waals surface area contributed by atoms with Crippen LogP contribution in [0, 0.1) is 19.1 Å². The van der Waals surface area contributed by atoms with E-state index in [9.17, 15) is 0 Å². The normalized spacial score (nSPS) is 11.3. The average molecular weight is 778 g/mol. The van der Waals surface area contributed by atoms with Crippen molar-refractivity contribution in [2.75, 3.05) is 0 Å². The molecule has 8 rings (SSSR count). The minimum Gasteiger partial charge on any atom is -0.486 e. The number of rotatable bonds is 3. The van der Waals surface area contributed by atoms with Crippen LogP contribution >= 0.6 is 0 Å². The molecule has 0 aliphatic rings. The van der Waals surface area contributed by atoms with Crippen LogP contribution in [0.25, 0.3) is 61.4 Å². The number of hydrogen-bond acceptors (Lipinski definition) is 5. The van der Waals surface area contributed by atoms with Gasteiger partial charge in [-0.15, -0.1) is 54.1 Å². The van der Waals surface area contributed by atoms with Gasteiger partial charge in [-0.25, -0.2) is 4.98 Å². The fourth-order valence-corrected chi connectivity index (χ4v) is 5.52. The molecule has 3 aromatic carbocycles. The fourth-order valence-electron chi connectivity index (χ4n) is 5.52. The second-order valence-corrected chi connectivity index (χ2v) is 11.9. The van der Waals surface area contributed by atoms with Crippen LogP contribution in [-0.4, -0.2) is 24.5 Å². The predicted molar refractivity (Wildman–Crippen MR) is 180 cm³/mol. The molecule has 0 aliphatic carbocycles. The van der Waals surface area contributed by atoms with Crippen LogP contribution < -0.4 is 0 Å². The maximum atomic E-state index is 6.29. The quantitative estimate of drug-likeness (QED) is 0.167. The summed E-state index contributed by atoms with van der Waals surface area (Å²) in [5, 5.41) is 2.00. The number of imidazole rings is 1. The van der Waals surface area contributed by atoms with E-state index in [0.29, 0.717) is 5.71 Å². The van der Waals surface area contributed by atoms with Gasteiger partial charge in [-0.2, -0.15) is 0 Å². The van der Waals surface area contributed by atoms with Gasteiger partial charge in [0.2, 0.25) is 5.71 Å². The molecular formula is C39H31IrN5O-2. The van der Waals surface area contributed by atoms with Crippen LogP contribution in [0.4, 0.5) is 0 Å². The number of furan rings is 1. The topological polar surface area (TPSA) is 69.6 Å². The minimum absolute atomic E-state index is 0. The van der Waals surface area contributed by atoms with Gasteiger partial charge >= 0.3 is 0 Å². The number of benzene rings is 3. The fraction of sp³-hybridized carbons (Fsp3) is 0.128. The molecule has 0 atom stereocenters. The molecule has 0 saturated carbocycles. The third kappa shape index (κ3) is 5.87. The molecular weight excluding hydrogens is 747 g/mol. The summed E-state index contributed by atoms with van der Waals surface area (Å²) in [6.45, 7) is 8.50. The van der Waals surface area contributed by atoms with E-state index in [0.717, 1.165) is 67.1 Å². The molecule has 46 heavy (non-hydrogen) atoms. The number of aromatic nitrogens is 5. The van der Waals surface area contributed by atoms with Gasteiger partial charge in [0.1, 0.15) is 0 Å². The van der Waals surface area contributed by atoms with E-state index in [1.165, 1.54) is 0 Å². The van der Waals surface area contributed by atoms with E-state index in [4.69, 9.17) is 14.4 Å². The molecule has 0 bridgehead atoms. The molecule has 0 N–H and O–H groups in total. The standard InChI is InChI=1S/C28H23N4O.C11H8N.Ir/c1-17-13-14-20-19-11-8-12-21(24(19)33-27(20)30-17)26-31-22-15-16-29-25(28(2,3)4)23(22)32(26)18-9-6-5-7-10-18;1-2-6-10(7-3-1)11-8-4-5-9-12-11;/h5-11,13-16H,1-4H3;1-6,8-9H;/q2*-1;. The largest absolute Gasteiger partial charge is 0.486 e. The number of nitrogens with zero attached hydrogens (tertiary/aromatic N) is 5. The molecule has 0 amide bonds. The van der Waals surface area contributed by atoms with Gasteiger partial charge in [-0.05, 0) is 49.0 Å². The zero-order chi connectivity index (χ0) is 31.0. The molecule has 0 saturated heterocycles. The van der Waals surface area contributed by atoms with E-state index in [1.54, 1.807) is 6.20 Å². The van der Waals surface area contributed by atoms with Crippen molar-refractivity contribution in [1.29, 1.82) is 0 Å². The van der Waals surface area contributed by atoms with E-state index in [2.05, 4.69) is 65.6 Å². The molecule has 0 aliphatic heterocycles. The van der Waals surface area contributed by atoms with Crippen LogP contribution in [0.5, 0.6) is 0 Å². The van der Waals surface area contributed by atoms with Crippen molar-refractivity contribution in [3.05, 3.63) is 139 Å². The minimum atomic E-state index is -0.153. The Morgan fingerprint density at radius 2 is 1.52 bits per heavy atom. The molecule has 8 aromatic rings. The Labute approximate surface area is 281 Å². The third-order valence-electron chi connectivity index (χ3n) is 7.60. The monoisotopic (exact) mass is 778 g/mol. The molecule has 7 heteroatoms.